The lowest BCUT2D eigenvalue weighted by Crippen LogP contribution is -2.23. The van der Waals surface area contributed by atoms with Crippen LogP contribution in [0.2, 0.25) is 0 Å². The van der Waals surface area contributed by atoms with Gasteiger partial charge in [-0.05, 0) is 50.2 Å². The zero-order chi connectivity index (χ0) is 24.4. The van der Waals surface area contributed by atoms with Crippen LogP contribution >= 0.6 is 11.3 Å². The van der Waals surface area contributed by atoms with Crippen LogP contribution in [-0.2, 0) is 17.7 Å². The van der Waals surface area contributed by atoms with Crippen molar-refractivity contribution < 1.29 is 19.1 Å². The van der Waals surface area contributed by atoms with Crippen molar-refractivity contribution >= 4 is 38.5 Å². The fourth-order valence-corrected chi connectivity index (χ4v) is 5.05. The predicted octanol–water partition coefficient (Wildman–Crippen LogP) is 5.36. The van der Waals surface area contributed by atoms with Crippen molar-refractivity contribution in [3.05, 3.63) is 57.4 Å². The lowest BCUT2D eigenvalue weighted by atomic mass is 10.00. The van der Waals surface area contributed by atoms with Crippen LogP contribution in [0.15, 0.2) is 39.5 Å². The quantitative estimate of drug-likeness (QED) is 0.340. The first-order valence-corrected chi connectivity index (χ1v) is 12.3. The summed E-state index contributed by atoms with van der Waals surface area (Å²) in [4.78, 5) is 33.6. The Morgan fingerprint density at radius 3 is 2.56 bits per heavy atom. The molecule has 0 bridgehead atoms. The molecule has 0 fully saturated rings. The summed E-state index contributed by atoms with van der Waals surface area (Å²) < 4.78 is 12.3. The molecule has 2 aromatic carbocycles. The van der Waals surface area contributed by atoms with Gasteiger partial charge in [-0.25, -0.2) is 9.78 Å². The molecule has 4 rings (SSSR count). The van der Waals surface area contributed by atoms with Crippen molar-refractivity contribution in [2.45, 2.75) is 40.7 Å². The third-order valence-corrected chi connectivity index (χ3v) is 7.01. The van der Waals surface area contributed by atoms with Crippen molar-refractivity contribution in [3.8, 4) is 16.3 Å². The number of ether oxygens (including phenoxy) is 1. The van der Waals surface area contributed by atoms with E-state index in [1.165, 1.54) is 11.3 Å². The second-order valence-electron chi connectivity index (χ2n) is 7.90. The van der Waals surface area contributed by atoms with Crippen molar-refractivity contribution in [1.29, 1.82) is 0 Å². The maximum absolute atomic E-state index is 13.9. The van der Waals surface area contributed by atoms with E-state index in [9.17, 15) is 14.7 Å². The molecule has 0 atom stereocenters. The average molecular weight is 481 g/mol. The van der Waals surface area contributed by atoms with E-state index in [0.29, 0.717) is 34.5 Å². The van der Waals surface area contributed by atoms with E-state index < -0.39 is 5.97 Å². The molecule has 0 unspecified atom stereocenters. The first kappa shape index (κ1) is 23.9. The van der Waals surface area contributed by atoms with Crippen molar-refractivity contribution in [2.24, 2.45) is 0 Å². The van der Waals surface area contributed by atoms with E-state index >= 15 is 0 Å². The molecule has 1 N–H and O–H groups in total. The minimum atomic E-state index is -0.733. The molecule has 0 saturated heterocycles. The van der Waals surface area contributed by atoms with Gasteiger partial charge in [0.1, 0.15) is 21.9 Å². The largest absolute Gasteiger partial charge is 0.507 e. The molecule has 0 aliphatic carbocycles. The lowest BCUT2D eigenvalue weighted by Gasteiger charge is -2.21. The van der Waals surface area contributed by atoms with Gasteiger partial charge in [0.2, 0.25) is 11.2 Å². The number of thiazole rings is 1. The summed E-state index contributed by atoms with van der Waals surface area (Å²) in [5.41, 5.74) is 1.82. The van der Waals surface area contributed by atoms with Crippen molar-refractivity contribution in [2.75, 3.05) is 19.7 Å². The smallest absolute Gasteiger partial charge is 0.375 e. The van der Waals surface area contributed by atoms with E-state index in [1.807, 2.05) is 45.0 Å². The number of esters is 1. The zero-order valence-corrected chi connectivity index (χ0v) is 20.6. The van der Waals surface area contributed by atoms with Gasteiger partial charge in [-0.15, -0.1) is 11.3 Å². The van der Waals surface area contributed by atoms with Gasteiger partial charge in [-0.3, -0.25) is 9.69 Å². The van der Waals surface area contributed by atoms with Gasteiger partial charge >= 0.3 is 5.97 Å². The third-order valence-electron chi connectivity index (χ3n) is 5.96. The van der Waals surface area contributed by atoms with Crippen LogP contribution in [0.5, 0.6) is 5.75 Å². The first-order valence-electron chi connectivity index (χ1n) is 11.5. The molecular weight excluding hydrogens is 452 g/mol. The molecule has 34 heavy (non-hydrogen) atoms. The van der Waals surface area contributed by atoms with Crippen LogP contribution in [0.25, 0.3) is 31.8 Å². The van der Waals surface area contributed by atoms with Crippen LogP contribution in [0.4, 0.5) is 0 Å². The predicted molar refractivity (Wildman–Crippen MR) is 135 cm³/mol. The number of aromatic hydroxyl groups is 1. The van der Waals surface area contributed by atoms with Crippen molar-refractivity contribution in [3.63, 3.8) is 0 Å². The Morgan fingerprint density at radius 2 is 1.91 bits per heavy atom. The number of aromatic nitrogens is 1. The lowest BCUT2D eigenvalue weighted by molar-refractivity contribution is 0.0492. The number of fused-ring (bicyclic) bond motifs is 2. The maximum Gasteiger partial charge on any atom is 0.375 e. The van der Waals surface area contributed by atoms with Gasteiger partial charge < -0.3 is 14.3 Å². The minimum absolute atomic E-state index is 0.0904. The highest BCUT2D eigenvalue weighted by atomic mass is 32.1. The molecular formula is C26H28N2O5S. The van der Waals surface area contributed by atoms with Crippen molar-refractivity contribution in [1.82, 2.24) is 9.88 Å². The van der Waals surface area contributed by atoms with Crippen LogP contribution in [0.3, 0.4) is 0 Å². The molecule has 0 aliphatic heterocycles. The Labute approximate surface area is 201 Å². The Kier molecular flexibility index (Phi) is 7.00. The van der Waals surface area contributed by atoms with E-state index in [0.717, 1.165) is 23.3 Å². The highest BCUT2D eigenvalue weighted by Crippen LogP contribution is 2.36. The number of carbonyl (C=O) groups excluding carboxylic acids is 1. The normalized spacial score (nSPS) is 11.6. The topological polar surface area (TPSA) is 92.9 Å². The summed E-state index contributed by atoms with van der Waals surface area (Å²) in [7, 11) is 0. The average Bonchev–Trinajstić information content (AvgIpc) is 3.27. The van der Waals surface area contributed by atoms with Gasteiger partial charge in [0, 0.05) is 6.54 Å². The van der Waals surface area contributed by atoms with Gasteiger partial charge in [0.05, 0.1) is 27.8 Å². The second-order valence-corrected chi connectivity index (χ2v) is 8.93. The number of phenolic OH excluding ortho intramolecular Hbond substituents is 1. The van der Waals surface area contributed by atoms with Crippen LogP contribution < -0.4 is 5.43 Å². The molecule has 2 aromatic heterocycles. The number of carbonyl (C=O) groups is 1. The van der Waals surface area contributed by atoms with Gasteiger partial charge in [0.25, 0.3) is 0 Å². The number of hydrogen-bond donors (Lipinski definition) is 1. The number of nitrogens with zero attached hydrogens (tertiary/aromatic N) is 2. The highest BCUT2D eigenvalue weighted by molar-refractivity contribution is 7.21. The van der Waals surface area contributed by atoms with Crippen LogP contribution in [0, 0.1) is 0 Å². The number of para-hydroxylation sites is 1. The fraction of sp³-hybridized carbons (Fsp3) is 0.346. The Balaban J connectivity index is 2.08. The molecule has 4 aromatic rings. The molecule has 7 nitrogen and oxygen atoms in total. The van der Waals surface area contributed by atoms with Crippen LogP contribution in [0.1, 0.15) is 49.4 Å². The minimum Gasteiger partial charge on any atom is -0.507 e. The van der Waals surface area contributed by atoms with Gasteiger partial charge in [-0.1, -0.05) is 32.9 Å². The zero-order valence-electron chi connectivity index (χ0n) is 19.8. The summed E-state index contributed by atoms with van der Waals surface area (Å²) in [6.45, 7) is 9.69. The summed E-state index contributed by atoms with van der Waals surface area (Å²) in [6, 6.07) is 9.20. The summed E-state index contributed by atoms with van der Waals surface area (Å²) in [6.07, 6.45) is 0.544. The van der Waals surface area contributed by atoms with E-state index in [1.54, 1.807) is 13.0 Å². The monoisotopic (exact) mass is 480 g/mol. The molecule has 2 heterocycles. The third kappa shape index (κ3) is 4.19. The summed E-state index contributed by atoms with van der Waals surface area (Å²) >= 11 is 1.32. The Hall–Kier alpha value is -3.23. The first-order chi connectivity index (χ1) is 16.4. The number of benzene rings is 2. The fourth-order valence-electron chi connectivity index (χ4n) is 4.05. The molecule has 178 valence electrons. The van der Waals surface area contributed by atoms with Crippen LogP contribution in [-0.4, -0.2) is 40.7 Å². The summed E-state index contributed by atoms with van der Waals surface area (Å²) in [5.74, 6) is -0.834. The molecule has 0 saturated carbocycles. The Bertz CT molecular complexity index is 1390. The highest BCUT2D eigenvalue weighted by Gasteiger charge is 2.28. The number of hydrogen-bond acceptors (Lipinski definition) is 8. The Morgan fingerprint density at radius 1 is 1.18 bits per heavy atom. The molecule has 0 spiro atoms. The second kappa shape index (κ2) is 9.95. The number of rotatable bonds is 8. The number of aryl methyl sites for hydroxylation is 1. The number of phenols is 1. The standard InChI is InChI=1S/C26H28N2O5S/c1-5-15-13-16-22(30)20(25-27-18-11-9-10-12-19(18)34-25)24(26(31)32-8-4)33-23(16)17(21(15)29)14-28(6-2)7-3/h9-13,29H,5-8,14H2,1-4H3. The van der Waals surface area contributed by atoms with E-state index in [4.69, 9.17) is 9.15 Å². The molecule has 0 radical (unpaired) electrons. The summed E-state index contributed by atoms with van der Waals surface area (Å²) in [5, 5.41) is 11.7. The van der Waals surface area contributed by atoms with Gasteiger partial charge in [0.15, 0.2) is 0 Å². The SMILES string of the molecule is CCOC(=O)c1oc2c(CN(CC)CC)c(O)c(CC)cc2c(=O)c1-c1nc2ccccc2s1. The van der Waals surface area contributed by atoms with E-state index in [-0.39, 0.29) is 34.7 Å². The van der Waals surface area contributed by atoms with Gasteiger partial charge in [-0.2, -0.15) is 0 Å². The molecule has 0 amide bonds. The molecule has 8 heteroatoms. The molecule has 0 aliphatic rings. The van der Waals surface area contributed by atoms with E-state index in [2.05, 4.69) is 9.88 Å². The maximum atomic E-state index is 13.9.